The predicted molar refractivity (Wildman–Crippen MR) is 72.2 cm³/mol. The lowest BCUT2D eigenvalue weighted by Gasteiger charge is -2.06. The van der Waals surface area contributed by atoms with E-state index < -0.39 is 0 Å². The lowest BCUT2D eigenvalue weighted by molar-refractivity contribution is -0.116. The van der Waals surface area contributed by atoms with Crippen molar-refractivity contribution in [2.24, 2.45) is 0 Å². The molecule has 1 N–H and O–H groups in total. The van der Waals surface area contributed by atoms with Gasteiger partial charge in [-0.2, -0.15) is 0 Å². The second kappa shape index (κ2) is 5.52. The summed E-state index contributed by atoms with van der Waals surface area (Å²) in [4.78, 5) is 23.0. The lowest BCUT2D eigenvalue weighted by Crippen LogP contribution is -2.12. The number of ketones is 1. The average Bonchev–Trinajstić information content (AvgIpc) is 2.75. The smallest absolute Gasteiger partial charge is 0.291 e. The van der Waals surface area contributed by atoms with Crippen LogP contribution < -0.4 is 5.32 Å². The van der Waals surface area contributed by atoms with Gasteiger partial charge in [-0.05, 0) is 37.6 Å². The molecule has 4 nitrogen and oxygen atoms in total. The highest BCUT2D eigenvalue weighted by Gasteiger charge is 2.12. The molecule has 0 saturated heterocycles. The SMILES string of the molecule is CC(=O)Cc1cccc(NC(=O)c2occc2C)c1. The van der Waals surface area contributed by atoms with E-state index in [1.54, 1.807) is 18.2 Å². The quantitative estimate of drug-likeness (QED) is 0.916. The number of benzene rings is 1. The van der Waals surface area contributed by atoms with Crippen LogP contribution in [-0.2, 0) is 11.2 Å². The predicted octanol–water partition coefficient (Wildman–Crippen LogP) is 2.97. The highest BCUT2D eigenvalue weighted by Crippen LogP contribution is 2.15. The van der Waals surface area contributed by atoms with Crippen LogP contribution in [0.15, 0.2) is 41.0 Å². The second-order valence-electron chi connectivity index (χ2n) is 4.47. The molecule has 2 aromatic rings. The van der Waals surface area contributed by atoms with Crippen LogP contribution in [0.4, 0.5) is 5.69 Å². The Labute approximate surface area is 111 Å². The van der Waals surface area contributed by atoms with Crippen LogP contribution in [0.2, 0.25) is 0 Å². The van der Waals surface area contributed by atoms with E-state index in [1.807, 2.05) is 19.1 Å². The van der Waals surface area contributed by atoms with Gasteiger partial charge >= 0.3 is 0 Å². The van der Waals surface area contributed by atoms with E-state index in [9.17, 15) is 9.59 Å². The molecular formula is C15H15NO3. The van der Waals surface area contributed by atoms with Crippen molar-refractivity contribution in [1.82, 2.24) is 0 Å². The molecule has 1 heterocycles. The summed E-state index contributed by atoms with van der Waals surface area (Å²) in [5.74, 6) is 0.102. The minimum Gasteiger partial charge on any atom is -0.459 e. The topological polar surface area (TPSA) is 59.3 Å². The Hall–Kier alpha value is -2.36. The maximum absolute atomic E-state index is 12.0. The molecule has 2 rings (SSSR count). The Balaban J connectivity index is 2.13. The number of nitrogens with one attached hydrogen (secondary N) is 1. The first-order chi connectivity index (χ1) is 9.06. The molecule has 19 heavy (non-hydrogen) atoms. The van der Waals surface area contributed by atoms with Gasteiger partial charge < -0.3 is 9.73 Å². The number of carbonyl (C=O) groups is 2. The van der Waals surface area contributed by atoms with Crippen molar-refractivity contribution in [2.75, 3.05) is 5.32 Å². The molecule has 4 heteroatoms. The third-order valence-corrected chi connectivity index (χ3v) is 2.71. The summed E-state index contributed by atoms with van der Waals surface area (Å²) in [7, 11) is 0. The van der Waals surface area contributed by atoms with E-state index in [2.05, 4.69) is 5.32 Å². The van der Waals surface area contributed by atoms with E-state index in [4.69, 9.17) is 4.42 Å². The zero-order chi connectivity index (χ0) is 13.8. The molecule has 0 unspecified atom stereocenters. The summed E-state index contributed by atoms with van der Waals surface area (Å²) < 4.78 is 5.13. The van der Waals surface area contributed by atoms with Crippen molar-refractivity contribution in [3.63, 3.8) is 0 Å². The second-order valence-corrected chi connectivity index (χ2v) is 4.47. The average molecular weight is 257 g/mol. The van der Waals surface area contributed by atoms with E-state index in [1.165, 1.54) is 13.2 Å². The molecule has 0 fully saturated rings. The summed E-state index contributed by atoms with van der Waals surface area (Å²) >= 11 is 0. The van der Waals surface area contributed by atoms with Gasteiger partial charge in [-0.15, -0.1) is 0 Å². The van der Waals surface area contributed by atoms with Gasteiger partial charge in [0.2, 0.25) is 0 Å². The summed E-state index contributed by atoms with van der Waals surface area (Å²) in [6, 6.07) is 8.97. The fraction of sp³-hybridized carbons (Fsp3) is 0.200. The van der Waals surface area contributed by atoms with Crippen molar-refractivity contribution in [3.8, 4) is 0 Å². The maximum Gasteiger partial charge on any atom is 0.291 e. The Bertz CT molecular complexity index is 613. The van der Waals surface area contributed by atoms with Crippen LogP contribution in [0.25, 0.3) is 0 Å². The largest absolute Gasteiger partial charge is 0.459 e. The van der Waals surface area contributed by atoms with Gasteiger partial charge in [0.05, 0.1) is 6.26 Å². The summed E-state index contributed by atoms with van der Waals surface area (Å²) in [6.45, 7) is 3.35. The van der Waals surface area contributed by atoms with Gasteiger partial charge in [0.1, 0.15) is 5.78 Å². The van der Waals surface area contributed by atoms with Gasteiger partial charge in [-0.25, -0.2) is 0 Å². The summed E-state index contributed by atoms with van der Waals surface area (Å²) in [6.07, 6.45) is 1.85. The van der Waals surface area contributed by atoms with E-state index in [-0.39, 0.29) is 11.7 Å². The van der Waals surface area contributed by atoms with E-state index >= 15 is 0 Å². The minimum absolute atomic E-state index is 0.0883. The Kier molecular flexibility index (Phi) is 3.80. The molecule has 0 aliphatic carbocycles. The number of aryl methyl sites for hydroxylation is 1. The zero-order valence-corrected chi connectivity index (χ0v) is 10.9. The van der Waals surface area contributed by atoms with E-state index in [0.717, 1.165) is 11.1 Å². The van der Waals surface area contributed by atoms with Crippen LogP contribution in [0, 0.1) is 6.92 Å². The molecule has 0 spiro atoms. The number of hydrogen-bond acceptors (Lipinski definition) is 3. The molecule has 0 atom stereocenters. The fourth-order valence-corrected chi connectivity index (χ4v) is 1.84. The van der Waals surface area contributed by atoms with Gasteiger partial charge in [-0.1, -0.05) is 12.1 Å². The van der Waals surface area contributed by atoms with Gasteiger partial charge in [0.15, 0.2) is 5.76 Å². The first kappa shape index (κ1) is 13.1. The van der Waals surface area contributed by atoms with Crippen LogP contribution in [0.1, 0.15) is 28.6 Å². The minimum atomic E-state index is -0.289. The zero-order valence-electron chi connectivity index (χ0n) is 10.9. The molecule has 0 bridgehead atoms. The van der Waals surface area contributed by atoms with Crippen molar-refractivity contribution in [1.29, 1.82) is 0 Å². The molecule has 0 saturated carbocycles. The monoisotopic (exact) mass is 257 g/mol. The summed E-state index contributed by atoms with van der Waals surface area (Å²) in [5.41, 5.74) is 2.32. The van der Waals surface area contributed by atoms with Gasteiger partial charge in [-0.3, -0.25) is 9.59 Å². The third kappa shape index (κ3) is 3.31. The number of anilines is 1. The highest BCUT2D eigenvalue weighted by molar-refractivity contribution is 6.03. The Morgan fingerprint density at radius 2 is 2.05 bits per heavy atom. The summed E-state index contributed by atoms with van der Waals surface area (Å²) in [5, 5.41) is 2.75. The first-order valence-corrected chi connectivity index (χ1v) is 6.00. The standard InChI is InChI=1S/C15H15NO3/c1-10-6-7-19-14(10)15(18)16-13-5-3-4-12(9-13)8-11(2)17/h3-7,9H,8H2,1-2H3,(H,16,18). The molecule has 0 radical (unpaired) electrons. The Morgan fingerprint density at radius 1 is 1.26 bits per heavy atom. The fourth-order valence-electron chi connectivity index (χ4n) is 1.84. The van der Waals surface area contributed by atoms with Crippen molar-refractivity contribution < 1.29 is 14.0 Å². The third-order valence-electron chi connectivity index (χ3n) is 2.71. The lowest BCUT2D eigenvalue weighted by atomic mass is 10.1. The molecule has 0 aliphatic rings. The normalized spacial score (nSPS) is 10.2. The Morgan fingerprint density at radius 3 is 2.68 bits per heavy atom. The van der Waals surface area contributed by atoms with Crippen molar-refractivity contribution >= 4 is 17.4 Å². The van der Waals surface area contributed by atoms with Crippen LogP contribution in [-0.4, -0.2) is 11.7 Å². The van der Waals surface area contributed by atoms with Crippen molar-refractivity contribution in [3.05, 3.63) is 53.5 Å². The van der Waals surface area contributed by atoms with Crippen LogP contribution in [0.5, 0.6) is 0 Å². The molecule has 0 aliphatic heterocycles. The van der Waals surface area contributed by atoms with Crippen LogP contribution in [0.3, 0.4) is 0 Å². The van der Waals surface area contributed by atoms with Crippen molar-refractivity contribution in [2.45, 2.75) is 20.3 Å². The molecule has 98 valence electrons. The van der Waals surface area contributed by atoms with Crippen LogP contribution >= 0.6 is 0 Å². The van der Waals surface area contributed by atoms with E-state index in [0.29, 0.717) is 17.9 Å². The number of hydrogen-bond donors (Lipinski definition) is 1. The first-order valence-electron chi connectivity index (χ1n) is 6.00. The number of carbonyl (C=O) groups excluding carboxylic acids is 2. The molecule has 1 aromatic heterocycles. The maximum atomic E-state index is 12.0. The number of amides is 1. The van der Waals surface area contributed by atoms with Gasteiger partial charge in [0, 0.05) is 17.7 Å². The number of furan rings is 1. The highest BCUT2D eigenvalue weighted by atomic mass is 16.3. The number of Topliss-reactive ketones (excluding diaryl/α,β-unsaturated/α-hetero) is 1. The van der Waals surface area contributed by atoms with Gasteiger partial charge in [0.25, 0.3) is 5.91 Å². The number of rotatable bonds is 4. The molecule has 1 amide bonds. The molecule has 1 aromatic carbocycles. The molecular weight excluding hydrogens is 242 g/mol.